The lowest BCUT2D eigenvalue weighted by Crippen LogP contribution is -2.25. The van der Waals surface area contributed by atoms with Crippen molar-refractivity contribution in [2.24, 2.45) is 5.10 Å². The van der Waals surface area contributed by atoms with E-state index in [1.54, 1.807) is 6.07 Å². The van der Waals surface area contributed by atoms with Gasteiger partial charge in [0.1, 0.15) is 5.56 Å². The van der Waals surface area contributed by atoms with Crippen molar-refractivity contribution in [2.45, 2.75) is 6.92 Å². The maximum absolute atomic E-state index is 12.2. The summed E-state index contributed by atoms with van der Waals surface area (Å²) in [6.45, 7) is 1.92. The first-order valence-electron chi connectivity index (χ1n) is 8.26. The Balaban J connectivity index is 1.85. The van der Waals surface area contributed by atoms with Crippen LogP contribution in [-0.2, 0) is 0 Å². The van der Waals surface area contributed by atoms with Gasteiger partial charge in [0.25, 0.3) is 5.56 Å². The van der Waals surface area contributed by atoms with Crippen molar-refractivity contribution in [3.8, 4) is 11.6 Å². The van der Waals surface area contributed by atoms with Crippen LogP contribution in [0.15, 0.2) is 64.5 Å². The van der Waals surface area contributed by atoms with Gasteiger partial charge in [-0.25, -0.2) is 0 Å². The molecule has 0 aliphatic carbocycles. The van der Waals surface area contributed by atoms with Crippen LogP contribution < -0.4 is 16.3 Å². The fraction of sp³-hybridized carbons (Fsp3) is 0.0526. The summed E-state index contributed by atoms with van der Waals surface area (Å²) in [7, 11) is 0. The van der Waals surface area contributed by atoms with E-state index in [1.165, 1.54) is 10.8 Å². The number of para-hydroxylation sites is 1. The molecule has 0 unspecified atom stereocenters. The molecular weight excluding hydrogens is 394 g/mol. The predicted octanol–water partition coefficient (Wildman–Crippen LogP) is 3.23. The van der Waals surface area contributed by atoms with Crippen LogP contribution in [0.25, 0.3) is 5.69 Å². The summed E-state index contributed by atoms with van der Waals surface area (Å²) in [5, 5.41) is 17.7. The highest BCUT2D eigenvalue weighted by Crippen LogP contribution is 2.19. The number of hydrogen-bond donors (Lipinski definition) is 4. The van der Waals surface area contributed by atoms with E-state index in [2.05, 4.69) is 20.8 Å². The summed E-state index contributed by atoms with van der Waals surface area (Å²) in [6, 6.07) is 16.7. The Labute approximate surface area is 171 Å². The number of benzene rings is 2. The Bertz CT molecular complexity index is 1150. The second kappa shape index (κ2) is 8.59. The minimum atomic E-state index is -0.557. The van der Waals surface area contributed by atoms with Gasteiger partial charge in [-0.05, 0) is 61.2 Å². The van der Waals surface area contributed by atoms with Crippen LogP contribution in [-0.4, -0.2) is 26.0 Å². The van der Waals surface area contributed by atoms with Crippen LogP contribution in [0.4, 0.5) is 5.69 Å². The van der Waals surface area contributed by atoms with Crippen molar-refractivity contribution >= 4 is 41.5 Å². The first-order chi connectivity index (χ1) is 13.5. The van der Waals surface area contributed by atoms with Gasteiger partial charge in [-0.1, -0.05) is 30.3 Å². The molecule has 4 N–H and O–H groups in total. The topological polar surface area (TPSA) is 94.4 Å². The number of thiocarbonyl (C=S) groups is 1. The summed E-state index contributed by atoms with van der Waals surface area (Å²) in [5.74, 6) is -0.313. The maximum Gasteiger partial charge on any atom is 0.264 e. The van der Waals surface area contributed by atoms with Gasteiger partial charge in [0.15, 0.2) is 9.88 Å². The number of aromatic amines is 1. The standard InChI is InChI=1S/C19H17N5O2S2/c1-12-6-5-9-14(10-12)24-17(26)15(16(25)22-19(24)28)11-20-23-18(27)21-13-7-3-2-4-8-13/h2-11,26H,1H3,(H2,21,23,27)(H,22,25,28)/b20-11+. The molecule has 0 saturated carbocycles. The zero-order valence-electron chi connectivity index (χ0n) is 14.8. The number of nitrogens with zero attached hydrogens (tertiary/aromatic N) is 2. The molecule has 0 radical (unpaired) electrons. The minimum absolute atomic E-state index is 0.0508. The average Bonchev–Trinajstić information content (AvgIpc) is 2.65. The quantitative estimate of drug-likeness (QED) is 0.299. The van der Waals surface area contributed by atoms with Gasteiger partial charge in [-0.2, -0.15) is 5.10 Å². The number of aromatic nitrogens is 2. The lowest BCUT2D eigenvalue weighted by atomic mass is 10.2. The first-order valence-corrected chi connectivity index (χ1v) is 9.08. The molecule has 0 amide bonds. The van der Waals surface area contributed by atoms with E-state index >= 15 is 0 Å². The van der Waals surface area contributed by atoms with E-state index in [9.17, 15) is 9.90 Å². The average molecular weight is 412 g/mol. The number of hydrazone groups is 1. The number of aromatic hydroxyl groups is 1. The van der Waals surface area contributed by atoms with Crippen molar-refractivity contribution in [1.82, 2.24) is 15.0 Å². The molecule has 0 bridgehead atoms. The van der Waals surface area contributed by atoms with Crippen LogP contribution in [0.2, 0.25) is 0 Å². The molecule has 7 nitrogen and oxygen atoms in total. The lowest BCUT2D eigenvalue weighted by molar-refractivity contribution is 0.432. The molecule has 0 aliphatic heterocycles. The number of nitrogens with one attached hydrogen (secondary N) is 3. The molecule has 3 rings (SSSR count). The fourth-order valence-corrected chi connectivity index (χ4v) is 2.95. The second-order valence-electron chi connectivity index (χ2n) is 5.86. The molecule has 1 aromatic heterocycles. The van der Waals surface area contributed by atoms with Crippen LogP contribution in [0.3, 0.4) is 0 Å². The molecule has 142 valence electrons. The SMILES string of the molecule is Cc1cccc(-n2c(O)c(/C=N/NC(=S)Nc3ccccc3)c(=O)[nH]c2=S)c1. The lowest BCUT2D eigenvalue weighted by Gasteiger charge is -2.11. The van der Waals surface area contributed by atoms with Crippen LogP contribution in [0.5, 0.6) is 5.88 Å². The highest BCUT2D eigenvalue weighted by atomic mass is 32.1. The van der Waals surface area contributed by atoms with Gasteiger partial charge >= 0.3 is 0 Å². The Hall–Kier alpha value is -3.30. The number of aryl methyl sites for hydroxylation is 1. The van der Waals surface area contributed by atoms with Gasteiger partial charge in [-0.3, -0.25) is 19.8 Å². The van der Waals surface area contributed by atoms with Gasteiger partial charge in [0.2, 0.25) is 5.88 Å². The van der Waals surface area contributed by atoms with E-state index in [1.807, 2.05) is 55.5 Å². The number of H-pyrrole nitrogens is 1. The fourth-order valence-electron chi connectivity index (χ4n) is 2.50. The second-order valence-corrected chi connectivity index (χ2v) is 6.66. The van der Waals surface area contributed by atoms with Gasteiger partial charge in [0.05, 0.1) is 11.9 Å². The van der Waals surface area contributed by atoms with E-state index in [-0.39, 0.29) is 21.3 Å². The van der Waals surface area contributed by atoms with E-state index in [0.29, 0.717) is 5.69 Å². The van der Waals surface area contributed by atoms with Crippen molar-refractivity contribution in [3.05, 3.63) is 80.8 Å². The molecule has 1 heterocycles. The molecule has 0 saturated heterocycles. The van der Waals surface area contributed by atoms with Gasteiger partial charge in [-0.15, -0.1) is 0 Å². The Morgan fingerprint density at radius 3 is 2.68 bits per heavy atom. The highest BCUT2D eigenvalue weighted by molar-refractivity contribution is 7.80. The summed E-state index contributed by atoms with van der Waals surface area (Å²) in [4.78, 5) is 14.8. The summed E-state index contributed by atoms with van der Waals surface area (Å²) < 4.78 is 1.45. The van der Waals surface area contributed by atoms with Crippen LogP contribution >= 0.6 is 24.4 Å². The first kappa shape index (κ1) is 19.5. The van der Waals surface area contributed by atoms with Crippen molar-refractivity contribution < 1.29 is 5.11 Å². The molecule has 0 aliphatic rings. The molecule has 0 fully saturated rings. The van der Waals surface area contributed by atoms with Crippen molar-refractivity contribution in [2.75, 3.05) is 5.32 Å². The smallest absolute Gasteiger partial charge is 0.264 e. The monoisotopic (exact) mass is 411 g/mol. The largest absolute Gasteiger partial charge is 0.494 e. The van der Waals surface area contributed by atoms with Crippen molar-refractivity contribution in [3.63, 3.8) is 0 Å². The van der Waals surface area contributed by atoms with Crippen molar-refractivity contribution in [1.29, 1.82) is 0 Å². The third-order valence-electron chi connectivity index (χ3n) is 3.77. The Kier molecular flexibility index (Phi) is 5.97. The van der Waals surface area contributed by atoms with E-state index in [4.69, 9.17) is 24.4 Å². The predicted molar refractivity (Wildman–Crippen MR) is 117 cm³/mol. The third-order valence-corrected chi connectivity index (χ3v) is 4.25. The molecule has 0 atom stereocenters. The number of hydrogen-bond acceptors (Lipinski definition) is 5. The van der Waals surface area contributed by atoms with Crippen LogP contribution in [0.1, 0.15) is 11.1 Å². The number of rotatable bonds is 4. The Morgan fingerprint density at radius 1 is 1.21 bits per heavy atom. The zero-order chi connectivity index (χ0) is 20.1. The summed E-state index contributed by atoms with van der Waals surface area (Å²) in [6.07, 6.45) is 1.19. The van der Waals surface area contributed by atoms with Crippen LogP contribution in [0, 0.1) is 11.7 Å². The summed E-state index contributed by atoms with van der Waals surface area (Å²) >= 11 is 10.3. The van der Waals surface area contributed by atoms with Gasteiger partial charge < -0.3 is 10.4 Å². The molecular formula is C19H17N5O2S2. The van der Waals surface area contributed by atoms with E-state index in [0.717, 1.165) is 11.3 Å². The molecule has 0 spiro atoms. The zero-order valence-corrected chi connectivity index (χ0v) is 16.5. The van der Waals surface area contributed by atoms with E-state index < -0.39 is 5.56 Å². The molecule has 3 aromatic rings. The van der Waals surface area contributed by atoms with Gasteiger partial charge in [0, 0.05) is 5.69 Å². The Morgan fingerprint density at radius 2 is 1.96 bits per heavy atom. The summed E-state index contributed by atoms with van der Waals surface area (Å²) in [5.41, 5.74) is 4.41. The third kappa shape index (κ3) is 4.51. The maximum atomic E-state index is 12.2. The normalized spacial score (nSPS) is 10.8. The molecule has 28 heavy (non-hydrogen) atoms. The molecule has 9 heteroatoms. The minimum Gasteiger partial charge on any atom is -0.494 e. The number of anilines is 1. The molecule has 2 aromatic carbocycles. The highest BCUT2D eigenvalue weighted by Gasteiger charge is 2.12.